The summed E-state index contributed by atoms with van der Waals surface area (Å²) < 4.78 is 0.933. The van der Waals surface area contributed by atoms with Crippen LogP contribution in [-0.2, 0) is 4.79 Å². The standard InChI is InChI=1S/C15H12ClIN2O2/c1-9(20)18-11-3-5-12(6-4-11)19-15(21)13-8-10(17)2-7-14(13)16/h2-8H,1H3,(H,18,20)(H,19,21). The van der Waals surface area contributed by atoms with Gasteiger partial charge in [0.05, 0.1) is 10.6 Å². The van der Waals surface area contributed by atoms with Crippen molar-refractivity contribution in [2.24, 2.45) is 0 Å². The highest BCUT2D eigenvalue weighted by Gasteiger charge is 2.11. The molecule has 2 aromatic carbocycles. The van der Waals surface area contributed by atoms with Crippen LogP contribution in [0.4, 0.5) is 11.4 Å². The molecule has 4 nitrogen and oxygen atoms in total. The van der Waals surface area contributed by atoms with Crippen LogP contribution in [0.2, 0.25) is 5.02 Å². The van der Waals surface area contributed by atoms with Gasteiger partial charge >= 0.3 is 0 Å². The van der Waals surface area contributed by atoms with Crippen LogP contribution in [0, 0.1) is 3.57 Å². The number of hydrogen-bond donors (Lipinski definition) is 2. The zero-order valence-electron chi connectivity index (χ0n) is 11.1. The first-order valence-electron chi connectivity index (χ1n) is 6.10. The molecule has 0 spiro atoms. The summed E-state index contributed by atoms with van der Waals surface area (Å²) in [5.74, 6) is -0.414. The van der Waals surface area contributed by atoms with Gasteiger partial charge in [0.25, 0.3) is 5.91 Å². The van der Waals surface area contributed by atoms with Crippen molar-refractivity contribution >= 4 is 57.4 Å². The van der Waals surface area contributed by atoms with E-state index in [1.54, 1.807) is 36.4 Å². The number of carbonyl (C=O) groups is 2. The van der Waals surface area contributed by atoms with Crippen LogP contribution < -0.4 is 10.6 Å². The van der Waals surface area contributed by atoms with Gasteiger partial charge in [-0.05, 0) is 65.1 Å². The van der Waals surface area contributed by atoms with Crippen LogP contribution in [0.3, 0.4) is 0 Å². The highest BCUT2D eigenvalue weighted by molar-refractivity contribution is 14.1. The molecule has 2 amide bonds. The van der Waals surface area contributed by atoms with E-state index in [1.807, 2.05) is 6.07 Å². The normalized spacial score (nSPS) is 10.0. The van der Waals surface area contributed by atoms with Gasteiger partial charge in [0.15, 0.2) is 0 Å². The van der Waals surface area contributed by atoms with E-state index >= 15 is 0 Å². The summed E-state index contributed by atoms with van der Waals surface area (Å²) in [5.41, 5.74) is 1.73. The summed E-state index contributed by atoms with van der Waals surface area (Å²) >= 11 is 8.15. The second kappa shape index (κ2) is 6.91. The monoisotopic (exact) mass is 414 g/mol. The smallest absolute Gasteiger partial charge is 0.257 e. The van der Waals surface area contributed by atoms with Gasteiger partial charge in [0.2, 0.25) is 5.91 Å². The van der Waals surface area contributed by atoms with Crippen LogP contribution in [-0.4, -0.2) is 11.8 Å². The predicted octanol–water partition coefficient (Wildman–Crippen LogP) is 4.16. The fraction of sp³-hybridized carbons (Fsp3) is 0.0667. The van der Waals surface area contributed by atoms with Crippen LogP contribution in [0.5, 0.6) is 0 Å². The molecule has 108 valence electrons. The zero-order valence-corrected chi connectivity index (χ0v) is 14.0. The van der Waals surface area contributed by atoms with Gasteiger partial charge in [0, 0.05) is 21.9 Å². The summed E-state index contributed by atoms with van der Waals surface area (Å²) in [4.78, 5) is 23.1. The second-order valence-electron chi connectivity index (χ2n) is 4.34. The Balaban J connectivity index is 2.12. The minimum Gasteiger partial charge on any atom is -0.326 e. The van der Waals surface area contributed by atoms with Gasteiger partial charge in [-0.15, -0.1) is 0 Å². The van der Waals surface area contributed by atoms with Gasteiger partial charge < -0.3 is 10.6 Å². The summed E-state index contributed by atoms with van der Waals surface area (Å²) in [6, 6.07) is 12.1. The maximum absolute atomic E-state index is 12.2. The lowest BCUT2D eigenvalue weighted by atomic mass is 10.2. The zero-order chi connectivity index (χ0) is 15.4. The molecular formula is C15H12ClIN2O2. The van der Waals surface area contributed by atoms with Gasteiger partial charge in [-0.1, -0.05) is 11.6 Å². The Kier molecular flexibility index (Phi) is 5.19. The van der Waals surface area contributed by atoms with E-state index in [-0.39, 0.29) is 11.8 Å². The fourth-order valence-electron chi connectivity index (χ4n) is 1.71. The van der Waals surface area contributed by atoms with E-state index in [9.17, 15) is 9.59 Å². The minimum absolute atomic E-state index is 0.141. The molecule has 0 unspecified atom stereocenters. The van der Waals surface area contributed by atoms with E-state index in [0.29, 0.717) is 22.0 Å². The number of benzene rings is 2. The quantitative estimate of drug-likeness (QED) is 0.741. The lowest BCUT2D eigenvalue weighted by molar-refractivity contribution is -0.114. The number of carbonyl (C=O) groups excluding carboxylic acids is 2. The van der Waals surface area contributed by atoms with Crippen molar-refractivity contribution in [1.29, 1.82) is 0 Å². The third-order valence-corrected chi connectivity index (χ3v) is 3.64. The molecule has 0 aliphatic heterocycles. The highest BCUT2D eigenvalue weighted by Crippen LogP contribution is 2.21. The van der Waals surface area contributed by atoms with Crippen molar-refractivity contribution in [3.63, 3.8) is 0 Å². The molecule has 0 aliphatic rings. The molecule has 0 aliphatic carbocycles. The molecule has 0 radical (unpaired) electrons. The van der Waals surface area contributed by atoms with Gasteiger partial charge in [-0.2, -0.15) is 0 Å². The van der Waals surface area contributed by atoms with Gasteiger partial charge in [-0.3, -0.25) is 9.59 Å². The van der Waals surface area contributed by atoms with Crippen molar-refractivity contribution in [2.45, 2.75) is 6.92 Å². The second-order valence-corrected chi connectivity index (χ2v) is 5.99. The Morgan fingerprint density at radius 2 is 1.57 bits per heavy atom. The van der Waals surface area contributed by atoms with Crippen molar-refractivity contribution in [2.75, 3.05) is 10.6 Å². The molecule has 6 heteroatoms. The molecule has 2 rings (SSSR count). The van der Waals surface area contributed by atoms with Crippen LogP contribution >= 0.6 is 34.2 Å². The van der Waals surface area contributed by atoms with Crippen LogP contribution in [0.15, 0.2) is 42.5 Å². The molecule has 0 saturated heterocycles. The third-order valence-electron chi connectivity index (χ3n) is 2.64. The molecule has 0 fully saturated rings. The number of anilines is 2. The van der Waals surface area contributed by atoms with Crippen molar-refractivity contribution in [3.05, 3.63) is 56.6 Å². The number of rotatable bonds is 3. The Hall–Kier alpha value is -1.60. The average Bonchev–Trinajstić information content (AvgIpc) is 2.43. The summed E-state index contributed by atoms with van der Waals surface area (Å²) in [5, 5.41) is 5.83. The highest BCUT2D eigenvalue weighted by atomic mass is 127. The molecule has 2 aromatic rings. The number of halogens is 2. The van der Waals surface area contributed by atoms with E-state index in [1.165, 1.54) is 6.92 Å². The largest absolute Gasteiger partial charge is 0.326 e. The van der Waals surface area contributed by atoms with Gasteiger partial charge in [-0.25, -0.2) is 0 Å². The first kappa shape index (κ1) is 15.8. The summed E-state index contributed by atoms with van der Waals surface area (Å²) in [6.45, 7) is 1.44. The van der Waals surface area contributed by atoms with E-state index in [4.69, 9.17) is 11.6 Å². The Morgan fingerprint density at radius 1 is 1.00 bits per heavy atom. The molecule has 0 bridgehead atoms. The first-order chi connectivity index (χ1) is 9.95. The van der Waals surface area contributed by atoms with Crippen LogP contribution in [0.1, 0.15) is 17.3 Å². The van der Waals surface area contributed by atoms with Gasteiger partial charge in [0.1, 0.15) is 0 Å². The lowest BCUT2D eigenvalue weighted by Crippen LogP contribution is -2.13. The third kappa shape index (κ3) is 4.44. The van der Waals surface area contributed by atoms with E-state index < -0.39 is 0 Å². The summed E-state index contributed by atoms with van der Waals surface area (Å²) in [6.07, 6.45) is 0. The van der Waals surface area contributed by atoms with E-state index in [2.05, 4.69) is 33.2 Å². The number of hydrogen-bond acceptors (Lipinski definition) is 2. The fourth-order valence-corrected chi connectivity index (χ4v) is 2.40. The molecule has 21 heavy (non-hydrogen) atoms. The predicted molar refractivity (Wildman–Crippen MR) is 92.9 cm³/mol. The first-order valence-corrected chi connectivity index (χ1v) is 7.55. The molecular weight excluding hydrogens is 403 g/mol. The Morgan fingerprint density at radius 3 is 2.14 bits per heavy atom. The summed E-state index contributed by atoms with van der Waals surface area (Å²) in [7, 11) is 0. The molecule has 0 saturated carbocycles. The lowest BCUT2D eigenvalue weighted by Gasteiger charge is -2.08. The maximum Gasteiger partial charge on any atom is 0.257 e. The molecule has 0 aromatic heterocycles. The Labute approximate surface area is 141 Å². The van der Waals surface area contributed by atoms with Crippen molar-refractivity contribution < 1.29 is 9.59 Å². The average molecular weight is 415 g/mol. The minimum atomic E-state index is -0.272. The van der Waals surface area contributed by atoms with E-state index in [0.717, 1.165) is 3.57 Å². The van der Waals surface area contributed by atoms with Crippen molar-refractivity contribution in [3.8, 4) is 0 Å². The number of nitrogens with one attached hydrogen (secondary N) is 2. The Bertz CT molecular complexity index is 687. The maximum atomic E-state index is 12.2. The van der Waals surface area contributed by atoms with Crippen molar-refractivity contribution in [1.82, 2.24) is 0 Å². The molecule has 0 atom stereocenters. The topological polar surface area (TPSA) is 58.2 Å². The molecule has 0 heterocycles. The SMILES string of the molecule is CC(=O)Nc1ccc(NC(=O)c2cc(I)ccc2Cl)cc1. The molecule has 2 N–H and O–H groups in total. The number of amides is 2. The van der Waals surface area contributed by atoms with Crippen LogP contribution in [0.25, 0.3) is 0 Å².